The normalized spacial score (nSPS) is 15.2. The minimum atomic E-state index is -0.0231. The van der Waals surface area contributed by atoms with Crippen molar-refractivity contribution in [2.75, 3.05) is 38.0 Å². The van der Waals surface area contributed by atoms with Crippen LogP contribution in [0.4, 0.5) is 5.69 Å². The van der Waals surface area contributed by atoms with Gasteiger partial charge < -0.3 is 14.7 Å². The number of para-hydroxylation sites is 1. The first kappa shape index (κ1) is 21.5. The molecule has 3 aromatic rings. The Bertz CT molecular complexity index is 1010. The van der Waals surface area contributed by atoms with Gasteiger partial charge in [0.15, 0.2) is 0 Å². The molecule has 1 fully saturated rings. The molecule has 4 rings (SSSR count). The van der Waals surface area contributed by atoms with Gasteiger partial charge in [0.25, 0.3) is 0 Å². The third-order valence-electron chi connectivity index (χ3n) is 5.40. The monoisotopic (exact) mass is 439 g/mol. The zero-order valence-corrected chi connectivity index (χ0v) is 18.3. The van der Waals surface area contributed by atoms with Crippen molar-refractivity contribution in [3.8, 4) is 11.4 Å². The number of amides is 1. The number of halogens is 1. The Morgan fingerprint density at radius 2 is 1.77 bits per heavy atom. The number of piperazine rings is 1. The fourth-order valence-corrected chi connectivity index (χ4v) is 3.72. The maximum atomic E-state index is 12.2. The Kier molecular flexibility index (Phi) is 6.96. The fraction of sp³-hybridized carbons (Fsp3) is 0.348. The number of hydrogen-bond acceptors (Lipinski definition) is 6. The van der Waals surface area contributed by atoms with Crippen LogP contribution in [0.5, 0.6) is 0 Å². The van der Waals surface area contributed by atoms with E-state index in [1.807, 2.05) is 36.4 Å². The van der Waals surface area contributed by atoms with Crippen LogP contribution in [0.3, 0.4) is 0 Å². The third-order valence-corrected chi connectivity index (χ3v) is 5.73. The van der Waals surface area contributed by atoms with Crippen LogP contribution in [-0.4, -0.2) is 58.6 Å². The highest BCUT2D eigenvalue weighted by Gasteiger charge is 2.20. The standard InChI is InChI=1S/C23H26ClN5O2/c1-17-6-8-18(9-7-17)23-26-22(31-27-23)16-29-14-12-28(13-15-29)11-10-21(30)25-20-5-3-2-4-19(20)24/h2-9H,10-16H2,1H3,(H,25,30). The molecule has 1 aliphatic heterocycles. The van der Waals surface area contributed by atoms with E-state index in [-0.39, 0.29) is 5.91 Å². The van der Waals surface area contributed by atoms with Crippen molar-refractivity contribution in [2.24, 2.45) is 0 Å². The summed E-state index contributed by atoms with van der Waals surface area (Å²) in [5.74, 6) is 1.23. The molecule has 162 valence electrons. The summed E-state index contributed by atoms with van der Waals surface area (Å²) in [4.78, 5) is 21.3. The number of nitrogens with one attached hydrogen (secondary N) is 1. The predicted octanol–water partition coefficient (Wildman–Crippen LogP) is 3.84. The molecule has 2 aromatic carbocycles. The highest BCUT2D eigenvalue weighted by atomic mass is 35.5. The van der Waals surface area contributed by atoms with Gasteiger partial charge in [-0.2, -0.15) is 4.98 Å². The van der Waals surface area contributed by atoms with Gasteiger partial charge in [-0.1, -0.05) is 58.7 Å². The van der Waals surface area contributed by atoms with E-state index >= 15 is 0 Å². The van der Waals surface area contributed by atoms with Crippen LogP contribution in [0.15, 0.2) is 53.1 Å². The molecule has 1 aliphatic rings. The van der Waals surface area contributed by atoms with Crippen LogP contribution in [-0.2, 0) is 11.3 Å². The first-order valence-electron chi connectivity index (χ1n) is 10.5. The van der Waals surface area contributed by atoms with Gasteiger partial charge in [-0.25, -0.2) is 0 Å². The van der Waals surface area contributed by atoms with Crippen LogP contribution in [0.2, 0.25) is 5.02 Å². The van der Waals surface area contributed by atoms with Crippen molar-refractivity contribution in [1.82, 2.24) is 19.9 Å². The Balaban J connectivity index is 1.20. The molecule has 1 aromatic heterocycles. The van der Waals surface area contributed by atoms with Gasteiger partial charge in [0.2, 0.25) is 17.6 Å². The lowest BCUT2D eigenvalue weighted by molar-refractivity contribution is -0.116. The molecule has 2 heterocycles. The van der Waals surface area contributed by atoms with Crippen molar-refractivity contribution in [3.05, 3.63) is 65.0 Å². The summed E-state index contributed by atoms with van der Waals surface area (Å²) in [5, 5.41) is 7.54. The summed E-state index contributed by atoms with van der Waals surface area (Å²) in [6.45, 7) is 7.01. The SMILES string of the molecule is Cc1ccc(-c2noc(CN3CCN(CCC(=O)Nc4ccccc4Cl)CC3)n2)cc1. The molecule has 7 nitrogen and oxygen atoms in total. The first-order chi connectivity index (χ1) is 15.1. The van der Waals surface area contributed by atoms with Crippen molar-refractivity contribution < 1.29 is 9.32 Å². The van der Waals surface area contributed by atoms with Crippen molar-refractivity contribution >= 4 is 23.2 Å². The van der Waals surface area contributed by atoms with E-state index in [0.717, 1.165) is 38.3 Å². The van der Waals surface area contributed by atoms with E-state index in [9.17, 15) is 4.79 Å². The fourth-order valence-electron chi connectivity index (χ4n) is 3.54. The van der Waals surface area contributed by atoms with Crippen LogP contribution in [0.1, 0.15) is 17.9 Å². The summed E-state index contributed by atoms with van der Waals surface area (Å²) in [7, 11) is 0. The highest BCUT2D eigenvalue weighted by Crippen LogP contribution is 2.21. The molecule has 0 unspecified atom stereocenters. The molecule has 31 heavy (non-hydrogen) atoms. The maximum absolute atomic E-state index is 12.2. The van der Waals surface area contributed by atoms with E-state index in [1.165, 1.54) is 5.56 Å². The molecule has 0 radical (unpaired) electrons. The average molecular weight is 440 g/mol. The van der Waals surface area contributed by atoms with Gasteiger partial charge in [-0.05, 0) is 19.1 Å². The number of aryl methyl sites for hydroxylation is 1. The van der Waals surface area contributed by atoms with Gasteiger partial charge in [-0.3, -0.25) is 9.69 Å². The predicted molar refractivity (Wildman–Crippen MR) is 121 cm³/mol. The minimum absolute atomic E-state index is 0.0231. The summed E-state index contributed by atoms with van der Waals surface area (Å²) in [6.07, 6.45) is 0.439. The molecule has 0 aliphatic carbocycles. The van der Waals surface area contributed by atoms with E-state index in [0.29, 0.717) is 35.4 Å². The third kappa shape index (κ3) is 5.91. The number of benzene rings is 2. The lowest BCUT2D eigenvalue weighted by Crippen LogP contribution is -2.46. The second-order valence-electron chi connectivity index (χ2n) is 7.77. The minimum Gasteiger partial charge on any atom is -0.338 e. The number of nitrogens with zero attached hydrogens (tertiary/aromatic N) is 4. The maximum Gasteiger partial charge on any atom is 0.241 e. The zero-order valence-electron chi connectivity index (χ0n) is 17.6. The molecule has 0 atom stereocenters. The second kappa shape index (κ2) is 10.0. The number of aromatic nitrogens is 2. The van der Waals surface area contributed by atoms with Crippen LogP contribution in [0.25, 0.3) is 11.4 Å². The quantitative estimate of drug-likeness (QED) is 0.602. The second-order valence-corrected chi connectivity index (χ2v) is 8.18. The van der Waals surface area contributed by atoms with Crippen molar-refractivity contribution in [2.45, 2.75) is 19.9 Å². The van der Waals surface area contributed by atoms with Crippen molar-refractivity contribution in [3.63, 3.8) is 0 Å². The van der Waals surface area contributed by atoms with Crippen LogP contribution in [0, 0.1) is 6.92 Å². The van der Waals surface area contributed by atoms with Gasteiger partial charge >= 0.3 is 0 Å². The molecule has 0 saturated carbocycles. The Hall–Kier alpha value is -2.74. The number of rotatable bonds is 7. The summed E-state index contributed by atoms with van der Waals surface area (Å²) >= 11 is 6.09. The largest absolute Gasteiger partial charge is 0.338 e. The van der Waals surface area contributed by atoms with Gasteiger partial charge in [0.05, 0.1) is 17.3 Å². The molecular weight excluding hydrogens is 414 g/mol. The smallest absolute Gasteiger partial charge is 0.241 e. The van der Waals surface area contributed by atoms with Crippen molar-refractivity contribution in [1.29, 1.82) is 0 Å². The molecule has 1 saturated heterocycles. The number of hydrogen-bond donors (Lipinski definition) is 1. The molecule has 0 spiro atoms. The lowest BCUT2D eigenvalue weighted by atomic mass is 10.1. The van der Waals surface area contributed by atoms with Gasteiger partial charge in [0, 0.05) is 44.7 Å². The summed E-state index contributed by atoms with van der Waals surface area (Å²) < 4.78 is 5.44. The molecule has 1 N–H and O–H groups in total. The summed E-state index contributed by atoms with van der Waals surface area (Å²) in [6, 6.07) is 15.4. The Labute approximate surface area is 187 Å². The van der Waals surface area contributed by atoms with Gasteiger partial charge in [-0.15, -0.1) is 0 Å². The molecule has 0 bridgehead atoms. The van der Waals surface area contributed by atoms with Crippen LogP contribution < -0.4 is 5.32 Å². The van der Waals surface area contributed by atoms with E-state index in [1.54, 1.807) is 12.1 Å². The molecular formula is C23H26ClN5O2. The Morgan fingerprint density at radius 3 is 2.52 bits per heavy atom. The van der Waals surface area contributed by atoms with E-state index in [2.05, 4.69) is 32.2 Å². The van der Waals surface area contributed by atoms with Gasteiger partial charge in [0.1, 0.15) is 0 Å². The van der Waals surface area contributed by atoms with E-state index < -0.39 is 0 Å². The number of carbonyl (C=O) groups excluding carboxylic acids is 1. The highest BCUT2D eigenvalue weighted by molar-refractivity contribution is 6.33. The molecule has 8 heteroatoms. The Morgan fingerprint density at radius 1 is 1.06 bits per heavy atom. The molecule has 1 amide bonds. The topological polar surface area (TPSA) is 74.5 Å². The average Bonchev–Trinajstić information content (AvgIpc) is 3.24. The van der Waals surface area contributed by atoms with Crippen LogP contribution >= 0.6 is 11.6 Å². The number of carbonyl (C=O) groups is 1. The summed E-state index contributed by atoms with van der Waals surface area (Å²) in [5.41, 5.74) is 2.82. The zero-order chi connectivity index (χ0) is 21.6. The lowest BCUT2D eigenvalue weighted by Gasteiger charge is -2.33. The number of anilines is 1. The first-order valence-corrected chi connectivity index (χ1v) is 10.8. The van der Waals surface area contributed by atoms with E-state index in [4.69, 9.17) is 16.1 Å².